The molecule has 3 heterocycles. The molecule has 0 aliphatic rings. The van der Waals surface area contributed by atoms with E-state index in [0.29, 0.717) is 34.3 Å². The maximum Gasteiger partial charge on any atom is 0.182 e. The molecule has 7 nitrogen and oxygen atoms in total. The van der Waals surface area contributed by atoms with Crippen LogP contribution in [0.4, 0.5) is 10.2 Å². The summed E-state index contributed by atoms with van der Waals surface area (Å²) in [6, 6.07) is 10.1. The predicted molar refractivity (Wildman–Crippen MR) is 107 cm³/mol. The molecule has 3 aromatic heterocycles. The molecule has 0 fully saturated rings. The number of hydrogen-bond acceptors (Lipinski definition) is 6. The lowest BCUT2D eigenvalue weighted by Gasteiger charge is -2.19. The van der Waals surface area contributed by atoms with Crippen molar-refractivity contribution in [3.63, 3.8) is 0 Å². The Kier molecular flexibility index (Phi) is 4.62. The fraction of sp³-hybridized carbons (Fsp3) is 0.238. The molecule has 1 aromatic carbocycles. The van der Waals surface area contributed by atoms with Crippen LogP contribution in [0.2, 0.25) is 0 Å². The smallest absolute Gasteiger partial charge is 0.182 e. The van der Waals surface area contributed by atoms with E-state index >= 15 is 0 Å². The van der Waals surface area contributed by atoms with E-state index in [-0.39, 0.29) is 17.8 Å². The monoisotopic (exact) mass is 392 g/mol. The first-order chi connectivity index (χ1) is 13.8. The van der Waals surface area contributed by atoms with Crippen LogP contribution in [0.1, 0.15) is 31.9 Å². The van der Waals surface area contributed by atoms with E-state index in [2.05, 4.69) is 20.2 Å². The van der Waals surface area contributed by atoms with Crippen molar-refractivity contribution >= 4 is 5.82 Å². The lowest BCUT2D eigenvalue weighted by molar-refractivity contribution is 0.421. The van der Waals surface area contributed by atoms with Gasteiger partial charge in [0.15, 0.2) is 5.82 Å². The number of anilines is 1. The van der Waals surface area contributed by atoms with Crippen LogP contribution in [0.15, 0.2) is 53.4 Å². The molecule has 29 heavy (non-hydrogen) atoms. The molecule has 0 spiro atoms. The molecule has 148 valence electrons. The lowest BCUT2D eigenvalue weighted by Crippen LogP contribution is -2.16. The van der Waals surface area contributed by atoms with Crippen LogP contribution in [-0.2, 0) is 12.0 Å². The zero-order valence-electron chi connectivity index (χ0n) is 16.4. The van der Waals surface area contributed by atoms with Gasteiger partial charge in [-0.05, 0) is 17.5 Å². The second-order valence-corrected chi connectivity index (χ2v) is 7.79. The van der Waals surface area contributed by atoms with E-state index in [1.54, 1.807) is 41.2 Å². The predicted octanol–water partition coefficient (Wildman–Crippen LogP) is 4.06. The standard InChI is InChI=1S/C21H21FN6O/c1-21(2,3)14-11-24-20(25-19(14)23)17-10-18(16-8-9-29-27-16)28(26-17)12-13-6-4-5-7-15(13)22/h4-11H,12H2,1-3H3,(H2,23,24,25). The van der Waals surface area contributed by atoms with E-state index in [4.69, 9.17) is 10.3 Å². The van der Waals surface area contributed by atoms with E-state index in [0.717, 1.165) is 5.56 Å². The molecule has 0 aliphatic carbocycles. The van der Waals surface area contributed by atoms with Crippen molar-refractivity contribution in [3.05, 3.63) is 65.8 Å². The Morgan fingerprint density at radius 1 is 1.14 bits per heavy atom. The van der Waals surface area contributed by atoms with Crippen LogP contribution in [0.25, 0.3) is 22.9 Å². The number of aromatic nitrogens is 5. The number of hydrogen-bond donors (Lipinski definition) is 1. The van der Waals surface area contributed by atoms with Crippen molar-refractivity contribution in [1.82, 2.24) is 24.9 Å². The van der Waals surface area contributed by atoms with E-state index < -0.39 is 0 Å². The number of halogens is 1. The Morgan fingerprint density at radius 3 is 2.59 bits per heavy atom. The Balaban J connectivity index is 1.78. The van der Waals surface area contributed by atoms with Gasteiger partial charge in [-0.25, -0.2) is 14.4 Å². The fourth-order valence-corrected chi connectivity index (χ4v) is 3.08. The van der Waals surface area contributed by atoms with Gasteiger partial charge < -0.3 is 10.3 Å². The van der Waals surface area contributed by atoms with E-state index in [1.165, 1.54) is 12.3 Å². The van der Waals surface area contributed by atoms with Gasteiger partial charge in [0.2, 0.25) is 0 Å². The normalized spacial score (nSPS) is 11.7. The van der Waals surface area contributed by atoms with Crippen LogP contribution in [0.5, 0.6) is 0 Å². The summed E-state index contributed by atoms with van der Waals surface area (Å²) < 4.78 is 20.8. The molecule has 2 N–H and O–H groups in total. The van der Waals surface area contributed by atoms with Gasteiger partial charge in [0.25, 0.3) is 0 Å². The summed E-state index contributed by atoms with van der Waals surface area (Å²) in [6.07, 6.45) is 3.20. The molecule has 0 bridgehead atoms. The maximum absolute atomic E-state index is 14.2. The van der Waals surface area contributed by atoms with Gasteiger partial charge in [-0.2, -0.15) is 5.10 Å². The molecule has 0 saturated carbocycles. The Bertz CT molecular complexity index is 1140. The molecule has 4 rings (SSSR count). The molecular formula is C21H21FN6O. The summed E-state index contributed by atoms with van der Waals surface area (Å²) in [7, 11) is 0. The first kappa shape index (κ1) is 18.8. The molecule has 0 saturated heterocycles. The van der Waals surface area contributed by atoms with Gasteiger partial charge in [0.1, 0.15) is 29.3 Å². The zero-order valence-corrected chi connectivity index (χ0v) is 16.4. The molecule has 0 amide bonds. The van der Waals surface area contributed by atoms with Gasteiger partial charge in [0.05, 0.1) is 12.2 Å². The van der Waals surface area contributed by atoms with Crippen molar-refractivity contribution in [2.45, 2.75) is 32.7 Å². The molecule has 0 atom stereocenters. The summed E-state index contributed by atoms with van der Waals surface area (Å²) in [5.74, 6) is 0.507. The highest BCUT2D eigenvalue weighted by Crippen LogP contribution is 2.29. The maximum atomic E-state index is 14.2. The third-order valence-corrected chi connectivity index (χ3v) is 4.61. The van der Waals surface area contributed by atoms with Crippen molar-refractivity contribution in [3.8, 4) is 22.9 Å². The summed E-state index contributed by atoms with van der Waals surface area (Å²) in [6.45, 7) is 6.37. The number of nitrogen functional groups attached to an aromatic ring is 1. The molecule has 0 unspecified atom stereocenters. The Hall–Kier alpha value is -3.55. The Morgan fingerprint density at radius 2 is 1.93 bits per heavy atom. The van der Waals surface area contributed by atoms with Crippen molar-refractivity contribution in [1.29, 1.82) is 0 Å². The second kappa shape index (κ2) is 7.12. The summed E-state index contributed by atoms with van der Waals surface area (Å²) in [5.41, 5.74) is 9.14. The molecular weight excluding hydrogens is 371 g/mol. The third-order valence-electron chi connectivity index (χ3n) is 4.61. The Labute approximate surface area is 167 Å². The average molecular weight is 392 g/mol. The summed E-state index contributed by atoms with van der Waals surface area (Å²) in [5, 5.41) is 8.58. The second-order valence-electron chi connectivity index (χ2n) is 7.79. The number of nitrogens with zero attached hydrogens (tertiary/aromatic N) is 5. The van der Waals surface area contributed by atoms with Gasteiger partial charge in [-0.1, -0.05) is 44.1 Å². The minimum Gasteiger partial charge on any atom is -0.383 e. The summed E-state index contributed by atoms with van der Waals surface area (Å²) in [4.78, 5) is 8.89. The van der Waals surface area contributed by atoms with Crippen LogP contribution < -0.4 is 5.73 Å². The van der Waals surface area contributed by atoms with Gasteiger partial charge in [-0.15, -0.1) is 0 Å². The topological polar surface area (TPSA) is 95.6 Å². The zero-order chi connectivity index (χ0) is 20.6. The van der Waals surface area contributed by atoms with Crippen molar-refractivity contribution in [2.75, 3.05) is 5.73 Å². The molecule has 0 aliphatic heterocycles. The number of rotatable bonds is 4. The fourth-order valence-electron chi connectivity index (χ4n) is 3.08. The van der Waals surface area contributed by atoms with Gasteiger partial charge in [0, 0.05) is 23.4 Å². The quantitative estimate of drug-likeness (QED) is 0.563. The van der Waals surface area contributed by atoms with Gasteiger partial charge >= 0.3 is 0 Å². The largest absolute Gasteiger partial charge is 0.383 e. The minimum atomic E-state index is -0.300. The first-order valence-corrected chi connectivity index (χ1v) is 9.18. The highest BCUT2D eigenvalue weighted by atomic mass is 19.1. The summed E-state index contributed by atoms with van der Waals surface area (Å²) >= 11 is 0. The first-order valence-electron chi connectivity index (χ1n) is 9.18. The third kappa shape index (κ3) is 3.73. The lowest BCUT2D eigenvalue weighted by atomic mass is 9.88. The highest BCUT2D eigenvalue weighted by molar-refractivity contribution is 5.63. The number of nitrogens with two attached hydrogens (primary N) is 1. The molecule has 0 radical (unpaired) electrons. The van der Waals surface area contributed by atoms with Crippen LogP contribution in [0, 0.1) is 5.82 Å². The highest BCUT2D eigenvalue weighted by Gasteiger charge is 2.21. The minimum absolute atomic E-state index is 0.168. The average Bonchev–Trinajstić information content (AvgIpc) is 3.32. The SMILES string of the molecule is CC(C)(C)c1cnc(-c2cc(-c3ccon3)n(Cc3ccccc3F)n2)nc1N. The molecule has 4 aromatic rings. The van der Waals surface area contributed by atoms with Crippen molar-refractivity contribution in [2.24, 2.45) is 0 Å². The van der Waals surface area contributed by atoms with Crippen LogP contribution in [-0.4, -0.2) is 24.9 Å². The van der Waals surface area contributed by atoms with Crippen molar-refractivity contribution < 1.29 is 8.91 Å². The number of benzene rings is 1. The van der Waals surface area contributed by atoms with Crippen LogP contribution in [0.3, 0.4) is 0 Å². The van der Waals surface area contributed by atoms with Crippen LogP contribution >= 0.6 is 0 Å². The van der Waals surface area contributed by atoms with E-state index in [1.807, 2.05) is 20.8 Å². The molecule has 8 heteroatoms. The van der Waals surface area contributed by atoms with E-state index in [9.17, 15) is 4.39 Å². The van der Waals surface area contributed by atoms with Gasteiger partial charge in [-0.3, -0.25) is 4.68 Å².